The maximum Gasteiger partial charge on any atom is 0.230 e. The largest absolute Gasteiger partial charge is 0.508 e. The molecule has 20 heavy (non-hydrogen) atoms. The van der Waals surface area contributed by atoms with Gasteiger partial charge in [-0.3, -0.25) is 4.79 Å². The Labute approximate surface area is 124 Å². The first-order chi connectivity index (χ1) is 9.57. The number of thioether (sulfide) groups is 1. The molecule has 1 fully saturated rings. The Hall–Kier alpha value is -1.20. The topological polar surface area (TPSA) is 61.4 Å². The maximum atomic E-state index is 11.9. The molecule has 1 aliphatic rings. The van der Waals surface area contributed by atoms with Crippen LogP contribution in [0.1, 0.15) is 19.8 Å². The normalized spacial score (nSPS) is 17.6. The molecule has 0 saturated carbocycles. The first-order valence-corrected chi connectivity index (χ1v) is 7.95. The molecule has 0 atom stereocenters. The molecule has 1 heterocycles. The third kappa shape index (κ3) is 4.72. The van der Waals surface area contributed by atoms with Crippen LogP contribution in [0.15, 0.2) is 29.2 Å². The number of benzene rings is 1. The van der Waals surface area contributed by atoms with Crippen molar-refractivity contribution in [2.45, 2.75) is 24.7 Å². The van der Waals surface area contributed by atoms with E-state index in [1.165, 1.54) is 11.8 Å². The second-order valence-corrected chi connectivity index (χ2v) is 6.67. The Bertz CT molecular complexity index is 442. The van der Waals surface area contributed by atoms with Gasteiger partial charge in [0.2, 0.25) is 5.91 Å². The zero-order chi connectivity index (χ0) is 14.4. The van der Waals surface area contributed by atoms with Gasteiger partial charge in [-0.15, -0.1) is 11.8 Å². The van der Waals surface area contributed by atoms with Crippen molar-refractivity contribution >= 4 is 17.7 Å². The summed E-state index contributed by atoms with van der Waals surface area (Å²) in [5.74, 6) is 0.736. The second kappa shape index (κ2) is 6.99. The van der Waals surface area contributed by atoms with Crippen molar-refractivity contribution < 1.29 is 9.90 Å². The minimum atomic E-state index is 0.0721. The van der Waals surface area contributed by atoms with E-state index < -0.39 is 0 Å². The maximum absolute atomic E-state index is 11.9. The molecule has 1 aromatic rings. The van der Waals surface area contributed by atoms with E-state index in [0.29, 0.717) is 5.75 Å². The zero-order valence-electron chi connectivity index (χ0n) is 11.8. The van der Waals surface area contributed by atoms with Crippen LogP contribution in [-0.4, -0.2) is 36.4 Å². The number of carbonyl (C=O) groups is 1. The number of rotatable bonds is 5. The highest BCUT2D eigenvalue weighted by Crippen LogP contribution is 2.26. The lowest BCUT2D eigenvalue weighted by atomic mass is 9.81. The van der Waals surface area contributed by atoms with Gasteiger partial charge in [0, 0.05) is 11.4 Å². The van der Waals surface area contributed by atoms with Crippen LogP contribution >= 0.6 is 11.8 Å². The van der Waals surface area contributed by atoms with Gasteiger partial charge in [-0.1, -0.05) is 6.92 Å². The number of phenols is 1. The average Bonchev–Trinajstić information content (AvgIpc) is 2.45. The van der Waals surface area contributed by atoms with Crippen LogP contribution in [0.3, 0.4) is 0 Å². The lowest BCUT2D eigenvalue weighted by molar-refractivity contribution is -0.119. The summed E-state index contributed by atoms with van der Waals surface area (Å²) in [6, 6.07) is 6.91. The molecule has 4 nitrogen and oxygen atoms in total. The molecule has 0 spiro atoms. The van der Waals surface area contributed by atoms with Gasteiger partial charge in [-0.05, 0) is 55.6 Å². The SMILES string of the molecule is CC1(CNC(=O)CSc2ccc(O)cc2)CCNCC1. The van der Waals surface area contributed by atoms with Crippen LogP contribution in [0, 0.1) is 5.41 Å². The van der Waals surface area contributed by atoms with E-state index in [-0.39, 0.29) is 17.1 Å². The summed E-state index contributed by atoms with van der Waals surface area (Å²) >= 11 is 1.49. The standard InChI is InChI=1S/C15H22N2O2S/c1-15(6-8-16-9-7-15)11-17-14(19)10-20-13-4-2-12(18)3-5-13/h2-5,16,18H,6-11H2,1H3,(H,17,19). The van der Waals surface area contributed by atoms with Gasteiger partial charge in [-0.2, -0.15) is 0 Å². The molecule has 0 radical (unpaired) electrons. The number of piperidine rings is 1. The van der Waals surface area contributed by atoms with Crippen LogP contribution in [0.2, 0.25) is 0 Å². The molecule has 0 aromatic heterocycles. The van der Waals surface area contributed by atoms with E-state index in [0.717, 1.165) is 37.4 Å². The van der Waals surface area contributed by atoms with Gasteiger partial charge in [-0.25, -0.2) is 0 Å². The Morgan fingerprint density at radius 3 is 2.65 bits per heavy atom. The summed E-state index contributed by atoms with van der Waals surface area (Å²) in [5.41, 5.74) is 0.226. The molecule has 2 rings (SSSR count). The minimum Gasteiger partial charge on any atom is -0.508 e. The quantitative estimate of drug-likeness (QED) is 0.727. The smallest absolute Gasteiger partial charge is 0.230 e. The van der Waals surface area contributed by atoms with Gasteiger partial charge >= 0.3 is 0 Å². The number of amides is 1. The summed E-state index contributed by atoms with van der Waals surface area (Å²) in [4.78, 5) is 12.9. The average molecular weight is 294 g/mol. The number of phenolic OH excluding ortho intramolecular Hbond substituents is 1. The summed E-state index contributed by atoms with van der Waals surface area (Å²) in [7, 11) is 0. The van der Waals surface area contributed by atoms with Gasteiger partial charge in [0.1, 0.15) is 5.75 Å². The summed E-state index contributed by atoms with van der Waals surface area (Å²) in [5, 5.41) is 15.6. The van der Waals surface area contributed by atoms with Crippen LogP contribution < -0.4 is 10.6 Å². The molecular weight excluding hydrogens is 272 g/mol. The van der Waals surface area contributed by atoms with Crippen molar-refractivity contribution in [2.75, 3.05) is 25.4 Å². The van der Waals surface area contributed by atoms with Gasteiger partial charge in [0.15, 0.2) is 0 Å². The molecule has 1 aliphatic heterocycles. The number of hydrogen-bond acceptors (Lipinski definition) is 4. The minimum absolute atomic E-state index is 0.0721. The molecule has 5 heteroatoms. The number of carbonyl (C=O) groups excluding carboxylic acids is 1. The Balaban J connectivity index is 1.71. The zero-order valence-corrected chi connectivity index (χ0v) is 12.6. The summed E-state index contributed by atoms with van der Waals surface area (Å²) in [6.07, 6.45) is 2.22. The molecule has 0 aliphatic carbocycles. The van der Waals surface area contributed by atoms with Crippen molar-refractivity contribution in [1.29, 1.82) is 0 Å². The molecule has 0 bridgehead atoms. The van der Waals surface area contributed by atoms with E-state index in [4.69, 9.17) is 0 Å². The predicted octanol–water partition coefficient (Wildman–Crippen LogP) is 1.99. The molecule has 1 aromatic carbocycles. The van der Waals surface area contributed by atoms with Crippen LogP contribution in [0.4, 0.5) is 0 Å². The monoisotopic (exact) mass is 294 g/mol. The van der Waals surface area contributed by atoms with E-state index in [1.807, 2.05) is 12.1 Å². The van der Waals surface area contributed by atoms with Crippen molar-refractivity contribution in [3.8, 4) is 5.75 Å². The first-order valence-electron chi connectivity index (χ1n) is 6.97. The van der Waals surface area contributed by atoms with E-state index in [9.17, 15) is 9.90 Å². The third-order valence-corrected chi connectivity index (χ3v) is 4.74. The molecule has 0 unspecified atom stereocenters. The Morgan fingerprint density at radius 2 is 2.00 bits per heavy atom. The van der Waals surface area contributed by atoms with Crippen LogP contribution in [-0.2, 0) is 4.79 Å². The molecule has 1 saturated heterocycles. The van der Waals surface area contributed by atoms with Crippen LogP contribution in [0.5, 0.6) is 5.75 Å². The fourth-order valence-electron chi connectivity index (χ4n) is 2.26. The Morgan fingerprint density at radius 1 is 1.35 bits per heavy atom. The predicted molar refractivity (Wildman–Crippen MR) is 82.1 cm³/mol. The van der Waals surface area contributed by atoms with Crippen LogP contribution in [0.25, 0.3) is 0 Å². The third-order valence-electron chi connectivity index (χ3n) is 3.73. The number of nitrogens with one attached hydrogen (secondary N) is 2. The Kier molecular flexibility index (Phi) is 5.31. The molecular formula is C15H22N2O2S. The van der Waals surface area contributed by atoms with Crippen molar-refractivity contribution in [1.82, 2.24) is 10.6 Å². The number of hydrogen-bond donors (Lipinski definition) is 3. The van der Waals surface area contributed by atoms with Crippen molar-refractivity contribution in [3.63, 3.8) is 0 Å². The van der Waals surface area contributed by atoms with Gasteiger partial charge < -0.3 is 15.7 Å². The molecule has 3 N–H and O–H groups in total. The van der Waals surface area contributed by atoms with Crippen molar-refractivity contribution in [2.24, 2.45) is 5.41 Å². The van der Waals surface area contributed by atoms with Gasteiger partial charge in [0.05, 0.1) is 5.75 Å². The van der Waals surface area contributed by atoms with E-state index in [1.54, 1.807) is 12.1 Å². The highest BCUT2D eigenvalue weighted by atomic mass is 32.2. The fraction of sp³-hybridized carbons (Fsp3) is 0.533. The summed E-state index contributed by atoms with van der Waals surface area (Å²) < 4.78 is 0. The lowest BCUT2D eigenvalue weighted by Crippen LogP contribution is -2.43. The highest BCUT2D eigenvalue weighted by molar-refractivity contribution is 8.00. The molecule has 110 valence electrons. The van der Waals surface area contributed by atoms with E-state index in [2.05, 4.69) is 17.6 Å². The summed E-state index contributed by atoms with van der Waals surface area (Å²) in [6.45, 7) is 5.06. The van der Waals surface area contributed by atoms with E-state index >= 15 is 0 Å². The first kappa shape index (κ1) is 15.2. The van der Waals surface area contributed by atoms with Crippen molar-refractivity contribution in [3.05, 3.63) is 24.3 Å². The second-order valence-electron chi connectivity index (χ2n) is 5.62. The lowest BCUT2D eigenvalue weighted by Gasteiger charge is -2.34. The highest BCUT2D eigenvalue weighted by Gasteiger charge is 2.26. The fourth-order valence-corrected chi connectivity index (χ4v) is 2.99. The number of aromatic hydroxyl groups is 1. The van der Waals surface area contributed by atoms with Gasteiger partial charge in [0.25, 0.3) is 0 Å². The molecule has 1 amide bonds.